The Labute approximate surface area is 164 Å². The molecule has 1 aromatic heterocycles. The average molecular weight is 385 g/mol. The molecule has 1 aromatic carbocycles. The van der Waals surface area contributed by atoms with E-state index in [-0.39, 0.29) is 18.1 Å². The fourth-order valence-electron chi connectivity index (χ4n) is 3.88. The molecule has 7 nitrogen and oxygen atoms in total. The smallest absolute Gasteiger partial charge is 0.407 e. The first-order chi connectivity index (χ1) is 13.4. The number of methoxy groups -OCH3 is 1. The number of rotatable bonds is 5. The van der Waals surface area contributed by atoms with Crippen molar-refractivity contribution >= 4 is 22.9 Å². The number of aromatic nitrogens is 1. The molecule has 2 aliphatic rings. The van der Waals surface area contributed by atoms with Crippen LogP contribution in [0.25, 0.3) is 10.9 Å². The Kier molecular flexibility index (Phi) is 4.69. The van der Waals surface area contributed by atoms with Gasteiger partial charge in [0, 0.05) is 28.7 Å². The van der Waals surface area contributed by atoms with Crippen LogP contribution in [-0.2, 0) is 4.74 Å². The summed E-state index contributed by atoms with van der Waals surface area (Å²) in [5.74, 6) is 0.726. The highest BCUT2D eigenvalue weighted by atomic mass is 16.6. The van der Waals surface area contributed by atoms with Crippen LogP contribution in [0.5, 0.6) is 5.75 Å². The topological polar surface area (TPSA) is 72.8 Å². The van der Waals surface area contributed by atoms with Crippen LogP contribution in [0.2, 0.25) is 0 Å². The van der Waals surface area contributed by atoms with Gasteiger partial charge in [-0.3, -0.25) is 4.79 Å². The van der Waals surface area contributed by atoms with Crippen molar-refractivity contribution in [1.82, 2.24) is 14.8 Å². The molecule has 0 spiro atoms. The summed E-state index contributed by atoms with van der Waals surface area (Å²) < 4.78 is 13.0. The van der Waals surface area contributed by atoms with Gasteiger partial charge >= 0.3 is 6.09 Å². The van der Waals surface area contributed by atoms with Gasteiger partial charge in [0.25, 0.3) is 5.91 Å². The molecule has 150 valence electrons. The van der Waals surface area contributed by atoms with Crippen molar-refractivity contribution in [3.8, 4) is 5.75 Å². The molecule has 1 saturated carbocycles. The number of nitrogens with zero attached hydrogens (tertiary/aromatic N) is 2. The molecule has 2 fully saturated rings. The monoisotopic (exact) mass is 385 g/mol. The highest BCUT2D eigenvalue weighted by molar-refractivity contribution is 6.09. The molecule has 4 rings (SSSR count). The number of ether oxygens (including phenoxy) is 2. The van der Waals surface area contributed by atoms with E-state index in [4.69, 9.17) is 9.47 Å². The lowest BCUT2D eigenvalue weighted by Gasteiger charge is -2.38. The summed E-state index contributed by atoms with van der Waals surface area (Å²) in [6, 6.07) is 6.42. The van der Waals surface area contributed by atoms with Crippen molar-refractivity contribution in [1.29, 1.82) is 0 Å². The fourth-order valence-corrected chi connectivity index (χ4v) is 3.88. The van der Waals surface area contributed by atoms with Crippen LogP contribution in [0.1, 0.15) is 48.8 Å². The van der Waals surface area contributed by atoms with E-state index in [0.717, 1.165) is 40.8 Å². The van der Waals surface area contributed by atoms with E-state index in [2.05, 4.69) is 9.88 Å². The zero-order valence-electron chi connectivity index (χ0n) is 16.8. The van der Waals surface area contributed by atoms with E-state index < -0.39 is 6.09 Å². The van der Waals surface area contributed by atoms with Crippen LogP contribution in [0, 0.1) is 6.92 Å². The van der Waals surface area contributed by atoms with Crippen LogP contribution >= 0.6 is 0 Å². The number of nitrogens with one attached hydrogen (secondary N) is 1. The van der Waals surface area contributed by atoms with Crippen LogP contribution < -0.4 is 10.1 Å². The summed E-state index contributed by atoms with van der Waals surface area (Å²) in [5.41, 5.74) is 2.80. The van der Waals surface area contributed by atoms with Gasteiger partial charge < -0.3 is 24.3 Å². The van der Waals surface area contributed by atoms with Crippen LogP contribution in [0.3, 0.4) is 0 Å². The summed E-state index contributed by atoms with van der Waals surface area (Å²) in [5, 5.41) is 3.63. The summed E-state index contributed by atoms with van der Waals surface area (Å²) in [6.45, 7) is 6.62. The summed E-state index contributed by atoms with van der Waals surface area (Å²) in [4.78, 5) is 26.7. The molecule has 1 aliphatic heterocycles. The Balaban J connectivity index is 1.55. The molecule has 1 aliphatic carbocycles. The molecule has 2 aromatic rings. The van der Waals surface area contributed by atoms with Crippen molar-refractivity contribution in [2.75, 3.05) is 20.2 Å². The summed E-state index contributed by atoms with van der Waals surface area (Å²) >= 11 is 0. The number of carbonyl (C=O) groups excluding carboxylic acids is 2. The minimum atomic E-state index is -0.432. The lowest BCUT2D eigenvalue weighted by Crippen LogP contribution is -2.56. The highest BCUT2D eigenvalue weighted by Gasteiger charge is 2.37. The van der Waals surface area contributed by atoms with Crippen LogP contribution in [0.4, 0.5) is 4.79 Å². The minimum Gasteiger partial charge on any atom is -0.497 e. The van der Waals surface area contributed by atoms with Gasteiger partial charge in [0.1, 0.15) is 11.9 Å². The standard InChI is InChI=1S/C21H27N3O4/c1-12(2)22-21(26)28-16-10-23(11-16)20(25)19-13(3)24(14-5-6-14)18-8-7-15(27-4)9-17(18)19/h7-9,12,14,16H,5-6,10-11H2,1-4H3,(H,22,26). The zero-order chi connectivity index (χ0) is 20.0. The Morgan fingerprint density at radius 2 is 1.93 bits per heavy atom. The third kappa shape index (κ3) is 3.30. The second kappa shape index (κ2) is 7.04. The maximum atomic E-state index is 13.2. The zero-order valence-corrected chi connectivity index (χ0v) is 16.8. The Morgan fingerprint density at radius 3 is 2.54 bits per heavy atom. The predicted molar refractivity (Wildman–Crippen MR) is 106 cm³/mol. The normalized spacial score (nSPS) is 17.0. The summed E-state index contributed by atoms with van der Waals surface area (Å²) in [7, 11) is 1.63. The average Bonchev–Trinajstić information content (AvgIpc) is 3.39. The largest absolute Gasteiger partial charge is 0.497 e. The molecular formula is C21H27N3O4. The SMILES string of the molecule is COc1ccc2c(c1)c(C(=O)N1CC(OC(=O)NC(C)C)C1)c(C)n2C1CC1. The van der Waals surface area contributed by atoms with E-state index in [1.165, 1.54) is 0 Å². The predicted octanol–water partition coefficient (Wildman–Crippen LogP) is 3.25. The molecule has 0 unspecified atom stereocenters. The first-order valence-electron chi connectivity index (χ1n) is 9.84. The number of fused-ring (bicyclic) bond motifs is 1. The molecular weight excluding hydrogens is 358 g/mol. The number of alkyl carbamates (subject to hydrolysis) is 1. The highest BCUT2D eigenvalue weighted by Crippen LogP contribution is 2.42. The van der Waals surface area contributed by atoms with Gasteiger partial charge in [-0.15, -0.1) is 0 Å². The quantitative estimate of drug-likeness (QED) is 0.858. The Hall–Kier alpha value is -2.70. The van der Waals surface area contributed by atoms with Crippen molar-refractivity contribution in [3.05, 3.63) is 29.5 Å². The van der Waals surface area contributed by atoms with Gasteiger partial charge in [0.2, 0.25) is 0 Å². The van der Waals surface area contributed by atoms with E-state index >= 15 is 0 Å². The third-order valence-corrected chi connectivity index (χ3v) is 5.40. The number of amides is 2. The molecule has 0 atom stereocenters. The van der Waals surface area contributed by atoms with Crippen molar-refractivity contribution < 1.29 is 19.1 Å². The minimum absolute atomic E-state index is 0.0146. The molecule has 2 heterocycles. The summed E-state index contributed by atoms with van der Waals surface area (Å²) in [6.07, 6.45) is 1.61. The molecule has 2 amide bonds. The fraction of sp³-hybridized carbons (Fsp3) is 0.524. The van der Waals surface area contributed by atoms with E-state index in [0.29, 0.717) is 19.1 Å². The number of benzene rings is 1. The second-order valence-electron chi connectivity index (χ2n) is 7.98. The van der Waals surface area contributed by atoms with Crippen LogP contribution in [-0.4, -0.2) is 53.8 Å². The second-order valence-corrected chi connectivity index (χ2v) is 7.98. The van der Waals surface area contributed by atoms with Gasteiger partial charge in [0.15, 0.2) is 0 Å². The van der Waals surface area contributed by atoms with Gasteiger partial charge in [-0.25, -0.2) is 4.79 Å². The first-order valence-corrected chi connectivity index (χ1v) is 9.84. The number of hydrogen-bond acceptors (Lipinski definition) is 4. The van der Waals surface area contributed by atoms with E-state index in [1.807, 2.05) is 39.0 Å². The van der Waals surface area contributed by atoms with Crippen molar-refractivity contribution in [2.45, 2.75) is 51.8 Å². The molecule has 28 heavy (non-hydrogen) atoms. The third-order valence-electron chi connectivity index (χ3n) is 5.40. The number of hydrogen-bond donors (Lipinski definition) is 1. The lowest BCUT2D eigenvalue weighted by atomic mass is 10.1. The first kappa shape index (κ1) is 18.7. The van der Waals surface area contributed by atoms with Crippen molar-refractivity contribution in [3.63, 3.8) is 0 Å². The van der Waals surface area contributed by atoms with Gasteiger partial charge in [-0.1, -0.05) is 0 Å². The van der Waals surface area contributed by atoms with Gasteiger partial charge in [0.05, 0.1) is 25.8 Å². The van der Waals surface area contributed by atoms with E-state index in [9.17, 15) is 9.59 Å². The number of carbonyl (C=O) groups is 2. The van der Waals surface area contributed by atoms with Gasteiger partial charge in [-0.05, 0) is 51.8 Å². The molecule has 0 radical (unpaired) electrons. The maximum Gasteiger partial charge on any atom is 0.407 e. The van der Waals surface area contributed by atoms with Gasteiger partial charge in [-0.2, -0.15) is 0 Å². The Bertz CT molecular complexity index is 923. The lowest BCUT2D eigenvalue weighted by molar-refractivity contribution is -0.00696. The maximum absolute atomic E-state index is 13.2. The molecule has 1 N–H and O–H groups in total. The van der Waals surface area contributed by atoms with E-state index in [1.54, 1.807) is 12.0 Å². The van der Waals surface area contributed by atoms with Crippen molar-refractivity contribution in [2.24, 2.45) is 0 Å². The molecule has 1 saturated heterocycles. The molecule has 0 bridgehead atoms. The number of likely N-dealkylation sites (tertiary alicyclic amines) is 1. The van der Waals surface area contributed by atoms with Crippen LogP contribution in [0.15, 0.2) is 18.2 Å². The Morgan fingerprint density at radius 1 is 1.21 bits per heavy atom. The molecule has 7 heteroatoms.